The van der Waals surface area contributed by atoms with Crippen molar-refractivity contribution in [2.75, 3.05) is 24.7 Å². The summed E-state index contributed by atoms with van der Waals surface area (Å²) in [5, 5.41) is 20.3. The maximum atomic E-state index is 13.7. The summed E-state index contributed by atoms with van der Waals surface area (Å²) >= 11 is 2.54. The third kappa shape index (κ3) is 6.66. The van der Waals surface area contributed by atoms with E-state index in [1.807, 2.05) is 6.07 Å². The highest BCUT2D eigenvalue weighted by Crippen LogP contribution is 2.45. The van der Waals surface area contributed by atoms with E-state index in [0.29, 0.717) is 64.2 Å². The molecular formula is C33H30FN3O6S2. The minimum atomic E-state index is -1.00. The average Bonchev–Trinajstić information content (AvgIpc) is 3.61. The van der Waals surface area contributed by atoms with E-state index in [4.69, 9.17) is 14.2 Å². The number of amides is 1. The molecule has 45 heavy (non-hydrogen) atoms. The molecule has 1 atom stereocenters. The number of aromatic nitrogens is 2. The molecule has 0 unspecified atom stereocenters. The number of thioether (sulfide) groups is 1. The molecule has 1 fully saturated rings. The van der Waals surface area contributed by atoms with Crippen LogP contribution in [-0.4, -0.2) is 46.8 Å². The van der Waals surface area contributed by atoms with Gasteiger partial charge in [0.05, 0.1) is 18.2 Å². The van der Waals surface area contributed by atoms with Crippen molar-refractivity contribution in [3.63, 3.8) is 0 Å². The first kappa shape index (κ1) is 30.6. The number of rotatable bonds is 10. The van der Waals surface area contributed by atoms with Crippen LogP contribution in [0.25, 0.3) is 5.76 Å². The van der Waals surface area contributed by atoms with Gasteiger partial charge in [0.25, 0.3) is 5.78 Å². The van der Waals surface area contributed by atoms with E-state index >= 15 is 0 Å². The van der Waals surface area contributed by atoms with E-state index in [2.05, 4.69) is 24.0 Å². The Morgan fingerprint density at radius 2 is 1.84 bits per heavy atom. The summed E-state index contributed by atoms with van der Waals surface area (Å²) in [5.41, 5.74) is 1.67. The van der Waals surface area contributed by atoms with E-state index < -0.39 is 17.7 Å². The Bertz CT molecular complexity index is 1760. The zero-order valence-electron chi connectivity index (χ0n) is 24.6. The van der Waals surface area contributed by atoms with Crippen LogP contribution < -0.4 is 19.1 Å². The molecule has 0 bridgehead atoms. The molecule has 3 heterocycles. The number of aliphatic hydroxyl groups excluding tert-OH is 1. The second-order valence-corrected chi connectivity index (χ2v) is 13.1. The highest BCUT2D eigenvalue weighted by molar-refractivity contribution is 8.00. The Morgan fingerprint density at radius 1 is 1.07 bits per heavy atom. The Balaban J connectivity index is 1.37. The number of ketones is 1. The first-order valence-corrected chi connectivity index (χ1v) is 16.2. The fourth-order valence-corrected chi connectivity index (χ4v) is 6.79. The quantitative estimate of drug-likeness (QED) is 0.0654. The van der Waals surface area contributed by atoms with Crippen LogP contribution in [0, 0.1) is 11.7 Å². The van der Waals surface area contributed by atoms with Gasteiger partial charge < -0.3 is 19.3 Å². The number of carbonyl (C=O) groups is 2. The Morgan fingerprint density at radius 3 is 2.62 bits per heavy atom. The third-order valence-electron chi connectivity index (χ3n) is 7.28. The minimum absolute atomic E-state index is 0.0910. The maximum Gasteiger partial charge on any atom is 0.301 e. The monoisotopic (exact) mass is 647 g/mol. The maximum absolute atomic E-state index is 13.7. The summed E-state index contributed by atoms with van der Waals surface area (Å²) in [6.45, 7) is 5.48. The Hall–Kier alpha value is -4.42. The van der Waals surface area contributed by atoms with Crippen molar-refractivity contribution in [1.29, 1.82) is 0 Å². The molecule has 2 aliphatic heterocycles. The molecular weight excluding hydrogens is 618 g/mol. The van der Waals surface area contributed by atoms with Crippen molar-refractivity contribution >= 4 is 45.7 Å². The zero-order chi connectivity index (χ0) is 31.5. The Kier molecular flexibility index (Phi) is 9.04. The van der Waals surface area contributed by atoms with Crippen LogP contribution in [-0.2, 0) is 15.3 Å². The number of aliphatic hydroxyl groups is 1. The van der Waals surface area contributed by atoms with E-state index in [-0.39, 0.29) is 22.3 Å². The van der Waals surface area contributed by atoms with Crippen LogP contribution in [0.5, 0.6) is 17.2 Å². The molecule has 1 aromatic heterocycles. The van der Waals surface area contributed by atoms with Gasteiger partial charge in [0.1, 0.15) is 30.5 Å². The molecule has 12 heteroatoms. The van der Waals surface area contributed by atoms with Gasteiger partial charge in [-0.3, -0.25) is 14.5 Å². The first-order chi connectivity index (χ1) is 21.8. The van der Waals surface area contributed by atoms with Crippen molar-refractivity contribution in [1.82, 2.24) is 10.2 Å². The number of ether oxygens (including phenoxy) is 3. The number of hydrogen-bond acceptors (Lipinski definition) is 10. The number of hydrogen-bond donors (Lipinski definition) is 1. The number of anilines is 1. The van der Waals surface area contributed by atoms with Crippen molar-refractivity contribution in [3.05, 3.63) is 94.8 Å². The number of halogens is 1. The lowest BCUT2D eigenvalue weighted by atomic mass is 9.95. The summed E-state index contributed by atoms with van der Waals surface area (Å²) in [5.74, 6) is 0.152. The molecule has 3 aromatic carbocycles. The molecule has 6 rings (SSSR count). The summed E-state index contributed by atoms with van der Waals surface area (Å²) in [6, 6.07) is 17.2. The topological polar surface area (TPSA) is 111 Å². The van der Waals surface area contributed by atoms with E-state index in [1.54, 1.807) is 48.5 Å². The van der Waals surface area contributed by atoms with Crippen LogP contribution in [0.15, 0.2) is 76.6 Å². The fraction of sp³-hybridized carbons (Fsp3) is 0.273. The standard InChI is InChI=1S/C33H30FN3O6S2/c1-19(2)12-13-41-24-5-3-4-21(16-24)28-27(29(38)22-8-11-25-26(17-22)43-15-14-42-25)30(39)31(40)37(28)32-35-36-33(45-32)44-18-20-6-9-23(34)10-7-20/h3-11,16-17,19,28,38H,12-15,18H2,1-2H3/b29-27+/t28-/m1/s1. The number of Topliss-reactive ketones (excluding diaryl/α,β-unsaturated/α-hetero) is 1. The van der Waals surface area contributed by atoms with E-state index in [1.165, 1.54) is 28.8 Å². The number of carbonyl (C=O) groups excluding carboxylic acids is 2. The van der Waals surface area contributed by atoms with Gasteiger partial charge >= 0.3 is 5.91 Å². The van der Waals surface area contributed by atoms with Gasteiger partial charge in [0.2, 0.25) is 5.13 Å². The van der Waals surface area contributed by atoms with Gasteiger partial charge in [0, 0.05) is 11.3 Å². The number of benzene rings is 3. The van der Waals surface area contributed by atoms with Gasteiger partial charge in [-0.05, 0) is 65.9 Å². The van der Waals surface area contributed by atoms with Gasteiger partial charge in [0.15, 0.2) is 15.8 Å². The molecule has 1 amide bonds. The molecule has 4 aromatic rings. The molecule has 1 N–H and O–H groups in total. The summed E-state index contributed by atoms with van der Waals surface area (Å²) < 4.78 is 31.2. The van der Waals surface area contributed by atoms with Crippen LogP contribution in [0.4, 0.5) is 9.52 Å². The predicted molar refractivity (Wildman–Crippen MR) is 169 cm³/mol. The Labute approximate surface area is 267 Å². The second-order valence-electron chi connectivity index (χ2n) is 10.9. The molecule has 2 aliphatic rings. The molecule has 0 spiro atoms. The predicted octanol–water partition coefficient (Wildman–Crippen LogP) is 6.79. The molecule has 232 valence electrons. The zero-order valence-corrected chi connectivity index (χ0v) is 26.2. The van der Waals surface area contributed by atoms with Crippen molar-refractivity contribution in [2.24, 2.45) is 5.92 Å². The molecule has 9 nitrogen and oxygen atoms in total. The van der Waals surface area contributed by atoms with Crippen LogP contribution in [0.3, 0.4) is 0 Å². The van der Waals surface area contributed by atoms with Crippen LogP contribution in [0.2, 0.25) is 0 Å². The summed E-state index contributed by atoms with van der Waals surface area (Å²) in [4.78, 5) is 28.6. The molecule has 0 saturated carbocycles. The van der Waals surface area contributed by atoms with E-state index in [0.717, 1.165) is 23.3 Å². The third-order valence-corrected chi connectivity index (χ3v) is 9.40. The summed E-state index contributed by atoms with van der Waals surface area (Å²) in [6.07, 6.45) is 0.857. The van der Waals surface area contributed by atoms with Crippen LogP contribution >= 0.6 is 23.1 Å². The molecule has 1 saturated heterocycles. The average molecular weight is 648 g/mol. The van der Waals surface area contributed by atoms with Gasteiger partial charge in [-0.15, -0.1) is 10.2 Å². The number of nitrogens with zero attached hydrogens (tertiary/aromatic N) is 3. The number of fused-ring (bicyclic) bond motifs is 1. The van der Waals surface area contributed by atoms with Gasteiger partial charge in [-0.2, -0.15) is 0 Å². The molecule has 0 radical (unpaired) electrons. The highest BCUT2D eigenvalue weighted by Gasteiger charge is 2.48. The van der Waals surface area contributed by atoms with Crippen LogP contribution in [0.1, 0.15) is 43.0 Å². The highest BCUT2D eigenvalue weighted by atomic mass is 32.2. The van der Waals surface area contributed by atoms with Crippen molar-refractivity contribution in [3.8, 4) is 17.2 Å². The summed E-state index contributed by atoms with van der Waals surface area (Å²) in [7, 11) is 0. The largest absolute Gasteiger partial charge is 0.507 e. The van der Waals surface area contributed by atoms with Gasteiger partial charge in [-0.25, -0.2) is 4.39 Å². The van der Waals surface area contributed by atoms with Crippen molar-refractivity contribution < 1.29 is 33.3 Å². The van der Waals surface area contributed by atoms with E-state index in [9.17, 15) is 19.1 Å². The minimum Gasteiger partial charge on any atom is -0.507 e. The lowest BCUT2D eigenvalue weighted by molar-refractivity contribution is -0.132. The van der Waals surface area contributed by atoms with Gasteiger partial charge in [-0.1, -0.05) is 61.2 Å². The normalized spacial score (nSPS) is 17.2. The fourth-order valence-electron chi connectivity index (χ4n) is 4.96. The van der Waals surface area contributed by atoms with Crippen molar-refractivity contribution in [2.45, 2.75) is 36.4 Å². The lowest BCUT2D eigenvalue weighted by Crippen LogP contribution is -2.29. The smallest absolute Gasteiger partial charge is 0.301 e. The molecule has 0 aliphatic carbocycles. The lowest BCUT2D eigenvalue weighted by Gasteiger charge is -2.23. The second kappa shape index (κ2) is 13.3. The first-order valence-electron chi connectivity index (χ1n) is 14.4. The SMILES string of the molecule is CC(C)CCOc1cccc([C@@H]2/C(=C(\O)c3ccc4c(c3)OCCO4)C(=O)C(=O)N2c2nnc(SCc3ccc(F)cc3)s2)c1.